The van der Waals surface area contributed by atoms with Gasteiger partial charge in [-0.15, -0.1) is 11.3 Å². The second-order valence-electron chi connectivity index (χ2n) is 11.8. The fourth-order valence-electron chi connectivity index (χ4n) is 5.72. The van der Waals surface area contributed by atoms with E-state index in [-0.39, 0.29) is 29.3 Å². The molecule has 2 amide bonds. The lowest BCUT2D eigenvalue weighted by Crippen LogP contribution is -2.57. The lowest BCUT2D eigenvalue weighted by molar-refractivity contribution is -0.135. The van der Waals surface area contributed by atoms with Crippen LogP contribution in [0.25, 0.3) is 0 Å². The highest BCUT2D eigenvalue weighted by Crippen LogP contribution is 2.37. The molecule has 5 rings (SSSR count). The first-order valence-electron chi connectivity index (χ1n) is 13.7. The Morgan fingerprint density at radius 2 is 1.66 bits per heavy atom. The quantitative estimate of drug-likeness (QED) is 0.437. The van der Waals surface area contributed by atoms with Gasteiger partial charge in [-0.1, -0.05) is 62.7 Å². The van der Waals surface area contributed by atoms with Gasteiger partial charge in [0, 0.05) is 42.7 Å². The van der Waals surface area contributed by atoms with Gasteiger partial charge in [0.25, 0.3) is 5.91 Å². The Balaban J connectivity index is 1.25. The molecule has 0 aliphatic carbocycles. The number of amides is 2. The van der Waals surface area contributed by atoms with Crippen molar-refractivity contribution in [3.8, 4) is 0 Å². The van der Waals surface area contributed by atoms with Crippen LogP contribution in [-0.2, 0) is 16.6 Å². The number of rotatable bonds is 4. The van der Waals surface area contributed by atoms with Gasteiger partial charge in [-0.3, -0.25) is 14.5 Å². The van der Waals surface area contributed by atoms with Crippen LogP contribution in [0.5, 0.6) is 0 Å². The minimum atomic E-state index is -0.0276. The van der Waals surface area contributed by atoms with Gasteiger partial charge in [0.1, 0.15) is 0 Å². The molecule has 0 spiro atoms. The number of aryl methyl sites for hydroxylation is 1. The Kier molecular flexibility index (Phi) is 7.47. The molecule has 0 bridgehead atoms. The van der Waals surface area contributed by atoms with E-state index in [1.807, 2.05) is 33.3 Å². The summed E-state index contributed by atoms with van der Waals surface area (Å²) < 4.78 is 0. The van der Waals surface area contributed by atoms with Crippen LogP contribution in [0, 0.1) is 6.92 Å². The van der Waals surface area contributed by atoms with E-state index < -0.39 is 0 Å². The van der Waals surface area contributed by atoms with Gasteiger partial charge in [0.15, 0.2) is 0 Å². The van der Waals surface area contributed by atoms with Gasteiger partial charge in [-0.25, -0.2) is 0 Å². The zero-order chi connectivity index (χ0) is 27.0. The van der Waals surface area contributed by atoms with Crippen molar-refractivity contribution in [2.24, 2.45) is 0 Å². The average Bonchev–Trinajstić information content (AvgIpc) is 3.37. The van der Waals surface area contributed by atoms with Crippen molar-refractivity contribution in [2.75, 3.05) is 32.7 Å². The molecular weight excluding hydrogens is 490 g/mol. The van der Waals surface area contributed by atoms with Crippen molar-refractivity contribution in [2.45, 2.75) is 58.5 Å². The van der Waals surface area contributed by atoms with E-state index in [1.165, 1.54) is 27.1 Å². The van der Waals surface area contributed by atoms with E-state index in [0.29, 0.717) is 31.7 Å². The summed E-state index contributed by atoms with van der Waals surface area (Å²) in [5.41, 5.74) is 5.80. The highest BCUT2D eigenvalue weighted by atomic mass is 32.1. The largest absolute Gasteiger partial charge is 0.338 e. The van der Waals surface area contributed by atoms with Gasteiger partial charge in [0.05, 0.1) is 12.6 Å². The van der Waals surface area contributed by atoms with Gasteiger partial charge in [-0.05, 0) is 66.0 Å². The maximum absolute atomic E-state index is 13.6. The molecule has 200 valence electrons. The number of hydrogen-bond donors (Lipinski definition) is 0. The van der Waals surface area contributed by atoms with Gasteiger partial charge >= 0.3 is 0 Å². The van der Waals surface area contributed by atoms with Crippen LogP contribution >= 0.6 is 11.3 Å². The first kappa shape index (κ1) is 26.6. The molecule has 2 aliphatic rings. The second kappa shape index (κ2) is 10.7. The van der Waals surface area contributed by atoms with E-state index in [2.05, 4.69) is 87.4 Å². The number of fused-ring (bicyclic) bond motifs is 1. The van der Waals surface area contributed by atoms with Crippen molar-refractivity contribution in [1.29, 1.82) is 0 Å². The number of thiophene rings is 1. The lowest BCUT2D eigenvalue weighted by atomic mass is 9.86. The molecular formula is C32H39N3O2S. The monoisotopic (exact) mass is 529 g/mol. The number of hydrogen-bond acceptors (Lipinski definition) is 4. The summed E-state index contributed by atoms with van der Waals surface area (Å²) in [6, 6.07) is 19.0. The Morgan fingerprint density at radius 3 is 2.32 bits per heavy atom. The standard InChI is InChI=1S/C32H39N3O2S/c1-22-6-8-24(9-7-22)30-27-15-19-38-28(27)14-16-34(30)21-29(36)33-17-18-35(23(2)20-33)31(37)25-10-12-26(13-11-25)32(3,4)5/h6-13,15,19,23,30H,14,16-18,20-21H2,1-5H3/t23-,30-/m1/s1. The lowest BCUT2D eigenvalue weighted by Gasteiger charge is -2.42. The third kappa shape index (κ3) is 5.43. The van der Waals surface area contributed by atoms with Crippen LogP contribution in [0.2, 0.25) is 0 Å². The van der Waals surface area contributed by atoms with Crippen LogP contribution in [-0.4, -0.2) is 65.3 Å². The van der Waals surface area contributed by atoms with Crippen LogP contribution in [0.1, 0.15) is 71.2 Å². The maximum Gasteiger partial charge on any atom is 0.254 e. The van der Waals surface area contributed by atoms with E-state index in [9.17, 15) is 9.59 Å². The molecule has 0 N–H and O–H groups in total. The van der Waals surface area contributed by atoms with Crippen molar-refractivity contribution in [3.63, 3.8) is 0 Å². The highest BCUT2D eigenvalue weighted by molar-refractivity contribution is 7.10. The molecule has 0 unspecified atom stereocenters. The number of carbonyl (C=O) groups is 2. The Hall–Kier alpha value is -2.96. The SMILES string of the molecule is Cc1ccc([C@@H]2c3ccsc3CCN2CC(=O)N2CCN(C(=O)c3ccc(C(C)(C)C)cc3)[C@H](C)C2)cc1. The fourth-order valence-corrected chi connectivity index (χ4v) is 6.62. The molecule has 0 saturated carbocycles. The minimum Gasteiger partial charge on any atom is -0.338 e. The summed E-state index contributed by atoms with van der Waals surface area (Å²) in [6.07, 6.45) is 0.981. The van der Waals surface area contributed by atoms with Gasteiger partial charge in [-0.2, -0.15) is 0 Å². The summed E-state index contributed by atoms with van der Waals surface area (Å²) in [6.45, 7) is 13.6. The smallest absolute Gasteiger partial charge is 0.254 e. The first-order valence-corrected chi connectivity index (χ1v) is 14.6. The van der Waals surface area contributed by atoms with Crippen LogP contribution in [0.4, 0.5) is 0 Å². The van der Waals surface area contributed by atoms with Crippen molar-refractivity contribution in [1.82, 2.24) is 14.7 Å². The summed E-state index contributed by atoms with van der Waals surface area (Å²) in [5, 5.41) is 2.17. The third-order valence-electron chi connectivity index (χ3n) is 8.04. The number of nitrogens with zero attached hydrogens (tertiary/aromatic N) is 3. The molecule has 1 aromatic heterocycles. The highest BCUT2D eigenvalue weighted by Gasteiger charge is 2.34. The van der Waals surface area contributed by atoms with Crippen LogP contribution < -0.4 is 0 Å². The molecule has 1 fully saturated rings. The Morgan fingerprint density at radius 1 is 0.947 bits per heavy atom. The molecule has 6 heteroatoms. The maximum atomic E-state index is 13.6. The van der Waals surface area contributed by atoms with Crippen LogP contribution in [0.3, 0.4) is 0 Å². The number of piperazine rings is 1. The van der Waals surface area contributed by atoms with Crippen molar-refractivity contribution < 1.29 is 9.59 Å². The molecule has 5 nitrogen and oxygen atoms in total. The predicted octanol–water partition coefficient (Wildman–Crippen LogP) is 5.67. The van der Waals surface area contributed by atoms with E-state index in [4.69, 9.17) is 0 Å². The fraction of sp³-hybridized carbons (Fsp3) is 0.438. The number of carbonyl (C=O) groups excluding carboxylic acids is 2. The average molecular weight is 530 g/mol. The number of benzene rings is 2. The Labute approximate surface area is 231 Å². The van der Waals surface area contributed by atoms with Crippen molar-refractivity contribution >= 4 is 23.2 Å². The van der Waals surface area contributed by atoms with Gasteiger partial charge < -0.3 is 9.80 Å². The zero-order valence-corrected chi connectivity index (χ0v) is 24.1. The first-order chi connectivity index (χ1) is 18.1. The topological polar surface area (TPSA) is 43.9 Å². The van der Waals surface area contributed by atoms with Gasteiger partial charge in [0.2, 0.25) is 5.91 Å². The molecule has 2 aromatic carbocycles. The summed E-state index contributed by atoms with van der Waals surface area (Å²) in [5.74, 6) is 0.194. The molecule has 2 atom stereocenters. The van der Waals surface area contributed by atoms with E-state index in [1.54, 1.807) is 0 Å². The third-order valence-corrected chi connectivity index (χ3v) is 9.03. The summed E-state index contributed by atoms with van der Waals surface area (Å²) >= 11 is 1.82. The second-order valence-corrected chi connectivity index (χ2v) is 12.8. The predicted molar refractivity (Wildman–Crippen MR) is 155 cm³/mol. The zero-order valence-electron chi connectivity index (χ0n) is 23.2. The normalized spacial score (nSPS) is 20.3. The molecule has 3 aromatic rings. The van der Waals surface area contributed by atoms with E-state index >= 15 is 0 Å². The summed E-state index contributed by atoms with van der Waals surface area (Å²) in [7, 11) is 0. The molecule has 38 heavy (non-hydrogen) atoms. The van der Waals surface area contributed by atoms with E-state index in [0.717, 1.165) is 13.0 Å². The molecule has 1 saturated heterocycles. The van der Waals surface area contributed by atoms with Crippen LogP contribution in [0.15, 0.2) is 60.0 Å². The Bertz CT molecular complexity index is 1290. The molecule has 0 radical (unpaired) electrons. The van der Waals surface area contributed by atoms with Crippen molar-refractivity contribution in [3.05, 3.63) is 92.7 Å². The molecule has 3 heterocycles. The molecule has 2 aliphatic heterocycles. The minimum absolute atomic E-state index is 0.0276. The summed E-state index contributed by atoms with van der Waals surface area (Å²) in [4.78, 5) is 34.5.